The Kier molecular flexibility index (Phi) is 17.4. The molecule has 0 atom stereocenters. The van der Waals surface area contributed by atoms with Crippen LogP contribution in [0.3, 0.4) is 0 Å². The van der Waals surface area contributed by atoms with Crippen LogP contribution in [0.4, 0.5) is 0 Å². The highest BCUT2D eigenvalue weighted by Gasteiger charge is 2.05. The Morgan fingerprint density at radius 1 is 1.00 bits per heavy atom. The minimum atomic E-state index is 0.134. The van der Waals surface area contributed by atoms with E-state index in [0.29, 0.717) is 19.5 Å². The molecule has 2 N–H and O–H groups in total. The summed E-state index contributed by atoms with van der Waals surface area (Å²) in [5.41, 5.74) is 0. The molecule has 24 heavy (non-hydrogen) atoms. The molecule has 0 aromatic rings. The van der Waals surface area contributed by atoms with E-state index < -0.39 is 0 Å². The predicted octanol–water partition coefficient (Wildman–Crippen LogP) is 3.67. The molecule has 0 aromatic heterocycles. The van der Waals surface area contributed by atoms with E-state index in [2.05, 4.69) is 48.4 Å². The summed E-state index contributed by atoms with van der Waals surface area (Å²) in [6.45, 7) is 7.51. The number of nitrogens with one attached hydrogen (secondary N) is 1. The molecule has 0 heterocycles. The van der Waals surface area contributed by atoms with Gasteiger partial charge in [-0.15, -0.1) is 0 Å². The number of aliphatic hydroxyl groups excluding tert-OH is 1. The number of aliphatic hydroxyl groups is 1. The second kappa shape index (κ2) is 18.2. The fraction of sp³-hybridized carbons (Fsp3) is 0.750. The molecule has 0 saturated heterocycles. The molecule has 0 saturated carbocycles. The van der Waals surface area contributed by atoms with Gasteiger partial charge in [-0.3, -0.25) is 9.69 Å². The summed E-state index contributed by atoms with van der Waals surface area (Å²) in [5, 5.41) is 12.1. The molecule has 4 nitrogen and oxygen atoms in total. The zero-order chi connectivity index (χ0) is 17.9. The Labute approximate surface area is 149 Å². The third kappa shape index (κ3) is 15.8. The maximum absolute atomic E-state index is 11.8. The van der Waals surface area contributed by atoms with Gasteiger partial charge in [0.15, 0.2) is 0 Å². The highest BCUT2D eigenvalue weighted by atomic mass is 16.3. The molecule has 1 amide bonds. The molecular formula is C20H38N2O2. The second-order valence-corrected chi connectivity index (χ2v) is 6.11. The fourth-order valence-corrected chi connectivity index (χ4v) is 2.52. The number of hydrogen-bond donors (Lipinski definition) is 2. The van der Waals surface area contributed by atoms with Crippen LogP contribution in [0.15, 0.2) is 24.3 Å². The van der Waals surface area contributed by atoms with Gasteiger partial charge >= 0.3 is 0 Å². The quantitative estimate of drug-likeness (QED) is 0.333. The minimum Gasteiger partial charge on any atom is -0.395 e. The first-order chi connectivity index (χ1) is 11.7. The van der Waals surface area contributed by atoms with E-state index >= 15 is 0 Å². The van der Waals surface area contributed by atoms with E-state index in [0.717, 1.165) is 45.2 Å². The van der Waals surface area contributed by atoms with Gasteiger partial charge in [0.05, 0.1) is 6.61 Å². The molecule has 0 rings (SSSR count). The van der Waals surface area contributed by atoms with E-state index in [4.69, 9.17) is 5.11 Å². The van der Waals surface area contributed by atoms with Gasteiger partial charge in [0.2, 0.25) is 5.91 Å². The van der Waals surface area contributed by atoms with Gasteiger partial charge in [0.1, 0.15) is 0 Å². The van der Waals surface area contributed by atoms with Gasteiger partial charge in [-0.05, 0) is 52.0 Å². The molecular weight excluding hydrogens is 300 g/mol. The van der Waals surface area contributed by atoms with Crippen LogP contribution in [-0.4, -0.2) is 48.7 Å². The van der Waals surface area contributed by atoms with Crippen LogP contribution in [0.2, 0.25) is 0 Å². The number of allylic oxidation sites excluding steroid dienone is 4. The van der Waals surface area contributed by atoms with Crippen molar-refractivity contribution in [3.05, 3.63) is 24.3 Å². The highest BCUT2D eigenvalue weighted by Crippen LogP contribution is 2.03. The Morgan fingerprint density at radius 3 is 2.50 bits per heavy atom. The fourth-order valence-electron chi connectivity index (χ4n) is 2.52. The maximum atomic E-state index is 11.8. The average molecular weight is 339 g/mol. The first kappa shape index (κ1) is 22.9. The summed E-state index contributed by atoms with van der Waals surface area (Å²) in [7, 11) is 0. The van der Waals surface area contributed by atoms with Gasteiger partial charge in [0, 0.05) is 26.1 Å². The topological polar surface area (TPSA) is 52.6 Å². The Morgan fingerprint density at radius 2 is 1.79 bits per heavy atom. The van der Waals surface area contributed by atoms with Crippen molar-refractivity contribution in [3.8, 4) is 0 Å². The molecule has 0 spiro atoms. The molecule has 4 heteroatoms. The SMILES string of the molecule is C/C=C/CCCCCN(CCO)CCNC(=O)CCC/C=C/CC. The van der Waals surface area contributed by atoms with Crippen molar-refractivity contribution in [2.45, 2.75) is 65.2 Å². The van der Waals surface area contributed by atoms with Crippen molar-refractivity contribution in [1.82, 2.24) is 10.2 Å². The smallest absolute Gasteiger partial charge is 0.220 e. The lowest BCUT2D eigenvalue weighted by Gasteiger charge is -2.21. The number of amides is 1. The highest BCUT2D eigenvalue weighted by molar-refractivity contribution is 5.75. The van der Waals surface area contributed by atoms with Gasteiger partial charge in [-0.2, -0.15) is 0 Å². The largest absolute Gasteiger partial charge is 0.395 e. The number of rotatable bonds is 16. The summed E-state index contributed by atoms with van der Waals surface area (Å²) < 4.78 is 0. The van der Waals surface area contributed by atoms with Crippen molar-refractivity contribution in [1.29, 1.82) is 0 Å². The predicted molar refractivity (Wildman–Crippen MR) is 103 cm³/mol. The van der Waals surface area contributed by atoms with Crippen LogP contribution in [0, 0.1) is 0 Å². The van der Waals surface area contributed by atoms with E-state index in [9.17, 15) is 4.79 Å². The number of carbonyl (C=O) groups is 1. The van der Waals surface area contributed by atoms with Crippen LogP contribution >= 0.6 is 0 Å². The normalized spacial score (nSPS) is 11.8. The Bertz CT molecular complexity index is 341. The van der Waals surface area contributed by atoms with Gasteiger partial charge < -0.3 is 10.4 Å². The van der Waals surface area contributed by atoms with Crippen LogP contribution in [0.25, 0.3) is 0 Å². The molecule has 140 valence electrons. The number of carbonyl (C=O) groups excluding carboxylic acids is 1. The Balaban J connectivity index is 3.71. The third-order valence-electron chi connectivity index (χ3n) is 3.92. The van der Waals surface area contributed by atoms with E-state index in [1.165, 1.54) is 12.8 Å². The van der Waals surface area contributed by atoms with Gasteiger partial charge in [-0.1, -0.05) is 37.6 Å². The van der Waals surface area contributed by atoms with Crippen LogP contribution in [0.5, 0.6) is 0 Å². The minimum absolute atomic E-state index is 0.134. The first-order valence-electron chi connectivity index (χ1n) is 9.60. The van der Waals surface area contributed by atoms with Crippen LogP contribution in [-0.2, 0) is 4.79 Å². The summed E-state index contributed by atoms with van der Waals surface area (Å²) in [4.78, 5) is 14.0. The van der Waals surface area contributed by atoms with E-state index in [1.807, 2.05) is 0 Å². The first-order valence-corrected chi connectivity index (χ1v) is 9.60. The van der Waals surface area contributed by atoms with Crippen LogP contribution < -0.4 is 5.32 Å². The lowest BCUT2D eigenvalue weighted by molar-refractivity contribution is -0.121. The van der Waals surface area contributed by atoms with Gasteiger partial charge in [-0.25, -0.2) is 0 Å². The van der Waals surface area contributed by atoms with E-state index in [-0.39, 0.29) is 12.5 Å². The number of nitrogens with zero attached hydrogens (tertiary/aromatic N) is 1. The molecule has 0 radical (unpaired) electrons. The van der Waals surface area contributed by atoms with Crippen molar-refractivity contribution in [3.63, 3.8) is 0 Å². The summed E-state index contributed by atoms with van der Waals surface area (Å²) >= 11 is 0. The monoisotopic (exact) mass is 338 g/mol. The molecule has 0 aromatic carbocycles. The molecule has 0 bridgehead atoms. The lowest BCUT2D eigenvalue weighted by atomic mass is 10.2. The summed E-state index contributed by atoms with van der Waals surface area (Å²) in [6.07, 6.45) is 16.9. The molecule has 0 aliphatic rings. The second-order valence-electron chi connectivity index (χ2n) is 6.11. The number of hydrogen-bond acceptors (Lipinski definition) is 3. The van der Waals surface area contributed by atoms with Crippen molar-refractivity contribution >= 4 is 5.91 Å². The number of unbranched alkanes of at least 4 members (excludes halogenated alkanes) is 4. The van der Waals surface area contributed by atoms with E-state index in [1.54, 1.807) is 0 Å². The standard InChI is InChI=1S/C20H38N2O2/c1-3-5-7-9-11-13-16-22(18-19-23)17-15-21-20(24)14-12-10-8-6-4-2/h3,5-6,8,23H,4,7,9-19H2,1-2H3,(H,21,24)/b5-3+,8-6+. The van der Waals surface area contributed by atoms with Crippen molar-refractivity contribution < 1.29 is 9.90 Å². The van der Waals surface area contributed by atoms with Crippen LogP contribution in [0.1, 0.15) is 65.2 Å². The molecule has 0 fully saturated rings. The van der Waals surface area contributed by atoms with Crippen molar-refractivity contribution in [2.75, 3.05) is 32.8 Å². The average Bonchev–Trinajstić information content (AvgIpc) is 2.57. The molecule has 0 unspecified atom stereocenters. The Hall–Kier alpha value is -1.13. The lowest BCUT2D eigenvalue weighted by Crippen LogP contribution is -2.36. The molecule has 0 aliphatic heterocycles. The molecule has 0 aliphatic carbocycles. The van der Waals surface area contributed by atoms with Crippen molar-refractivity contribution in [2.24, 2.45) is 0 Å². The summed E-state index contributed by atoms with van der Waals surface area (Å²) in [6, 6.07) is 0. The zero-order valence-electron chi connectivity index (χ0n) is 15.8. The zero-order valence-corrected chi connectivity index (χ0v) is 15.8. The summed E-state index contributed by atoms with van der Waals surface area (Å²) in [5.74, 6) is 0.134. The van der Waals surface area contributed by atoms with Gasteiger partial charge in [0.25, 0.3) is 0 Å². The third-order valence-corrected chi connectivity index (χ3v) is 3.92. The maximum Gasteiger partial charge on any atom is 0.220 e.